The molecule has 0 saturated carbocycles. The second-order valence-corrected chi connectivity index (χ2v) is 7.14. The predicted molar refractivity (Wildman–Crippen MR) is 93.6 cm³/mol. The van der Waals surface area contributed by atoms with Crippen LogP contribution < -0.4 is 0 Å². The van der Waals surface area contributed by atoms with Crippen molar-refractivity contribution in [1.82, 2.24) is 19.7 Å². The molecule has 2 aliphatic heterocycles. The number of halogens is 2. The Kier molecular flexibility index (Phi) is 5.69. The number of aromatic nitrogens is 1. The van der Waals surface area contributed by atoms with Crippen molar-refractivity contribution in [2.75, 3.05) is 45.8 Å². The number of rotatable bonds is 3. The lowest BCUT2D eigenvalue weighted by molar-refractivity contribution is -0.131. The lowest BCUT2D eigenvalue weighted by Crippen LogP contribution is -2.41. The number of likely N-dealkylation sites (tertiary alicyclic amines) is 1. The molecule has 0 aliphatic carbocycles. The van der Waals surface area contributed by atoms with Gasteiger partial charge in [-0.15, -0.1) is 0 Å². The quantitative estimate of drug-likeness (QED) is 0.883. The Labute approximate surface area is 151 Å². The molecule has 2 amide bonds. The third-order valence-electron chi connectivity index (χ3n) is 4.65. The molecule has 132 valence electrons. The van der Waals surface area contributed by atoms with E-state index in [-0.39, 0.29) is 17.0 Å². The summed E-state index contributed by atoms with van der Waals surface area (Å²) in [6.45, 7) is 5.00. The van der Waals surface area contributed by atoms with Crippen LogP contribution in [0.15, 0.2) is 6.07 Å². The molecule has 0 bridgehead atoms. The number of carbonyl (C=O) groups excluding carboxylic acids is 2. The van der Waals surface area contributed by atoms with E-state index >= 15 is 0 Å². The number of amides is 2. The van der Waals surface area contributed by atoms with Crippen molar-refractivity contribution in [3.05, 3.63) is 21.9 Å². The summed E-state index contributed by atoms with van der Waals surface area (Å²) in [5, 5.41) is 0.639. The van der Waals surface area contributed by atoms with Gasteiger partial charge < -0.3 is 14.8 Å². The number of carbonyl (C=O) groups is 2. The highest BCUT2D eigenvalue weighted by Gasteiger charge is 2.25. The van der Waals surface area contributed by atoms with E-state index in [0.717, 1.165) is 38.9 Å². The molecule has 2 saturated heterocycles. The van der Waals surface area contributed by atoms with Crippen molar-refractivity contribution in [2.24, 2.45) is 0 Å². The van der Waals surface area contributed by atoms with Crippen molar-refractivity contribution in [3.63, 3.8) is 0 Å². The van der Waals surface area contributed by atoms with E-state index in [9.17, 15) is 9.59 Å². The monoisotopic (exact) mass is 372 g/mol. The van der Waals surface area contributed by atoms with E-state index in [4.69, 9.17) is 23.2 Å². The van der Waals surface area contributed by atoms with Gasteiger partial charge in [-0.3, -0.25) is 14.5 Å². The molecule has 2 aliphatic rings. The van der Waals surface area contributed by atoms with Gasteiger partial charge in [-0.05, 0) is 25.3 Å². The molecule has 8 heteroatoms. The van der Waals surface area contributed by atoms with Crippen LogP contribution >= 0.6 is 23.2 Å². The Morgan fingerprint density at radius 2 is 1.67 bits per heavy atom. The van der Waals surface area contributed by atoms with Gasteiger partial charge in [0.2, 0.25) is 5.91 Å². The predicted octanol–water partition coefficient (Wildman–Crippen LogP) is 2.09. The first-order valence-electron chi connectivity index (χ1n) is 8.38. The average molecular weight is 373 g/mol. The normalized spacial score (nSPS) is 19.6. The highest BCUT2D eigenvalue weighted by molar-refractivity contribution is 6.41. The first-order chi connectivity index (χ1) is 11.5. The number of hydrogen-bond donors (Lipinski definition) is 1. The lowest BCUT2D eigenvalue weighted by Gasteiger charge is -2.23. The van der Waals surface area contributed by atoms with Gasteiger partial charge in [-0.1, -0.05) is 23.2 Å². The summed E-state index contributed by atoms with van der Waals surface area (Å²) in [4.78, 5) is 33.5. The van der Waals surface area contributed by atoms with Gasteiger partial charge in [0, 0.05) is 39.3 Å². The largest absolute Gasteiger partial charge is 0.342 e. The molecule has 1 aromatic heterocycles. The van der Waals surface area contributed by atoms with E-state index in [0.29, 0.717) is 36.9 Å². The maximum atomic E-state index is 12.5. The molecule has 0 radical (unpaired) electrons. The Hall–Kier alpha value is -1.24. The minimum absolute atomic E-state index is 0.100. The Morgan fingerprint density at radius 1 is 0.958 bits per heavy atom. The van der Waals surface area contributed by atoms with Gasteiger partial charge in [0.15, 0.2) is 0 Å². The van der Waals surface area contributed by atoms with E-state index in [1.807, 2.05) is 4.90 Å². The Balaban J connectivity index is 1.54. The van der Waals surface area contributed by atoms with E-state index in [2.05, 4.69) is 9.88 Å². The molecule has 6 nitrogen and oxygen atoms in total. The molecule has 2 fully saturated rings. The Bertz CT molecular complexity index is 594. The Morgan fingerprint density at radius 3 is 2.33 bits per heavy atom. The van der Waals surface area contributed by atoms with Crippen LogP contribution in [0.5, 0.6) is 0 Å². The average Bonchev–Trinajstić information content (AvgIpc) is 3.14. The molecule has 1 aromatic rings. The maximum absolute atomic E-state index is 12.5. The van der Waals surface area contributed by atoms with E-state index in [1.54, 1.807) is 11.0 Å². The molecule has 0 atom stereocenters. The van der Waals surface area contributed by atoms with Crippen molar-refractivity contribution < 1.29 is 9.59 Å². The van der Waals surface area contributed by atoms with Gasteiger partial charge in [-0.2, -0.15) is 0 Å². The lowest BCUT2D eigenvalue weighted by atomic mass is 10.3. The third kappa shape index (κ3) is 4.05. The van der Waals surface area contributed by atoms with Gasteiger partial charge in [-0.25, -0.2) is 0 Å². The fraction of sp³-hybridized carbons (Fsp3) is 0.625. The van der Waals surface area contributed by atoms with Crippen LogP contribution in [-0.4, -0.2) is 77.3 Å². The number of H-pyrrole nitrogens is 1. The minimum atomic E-state index is -0.100. The number of nitrogens with one attached hydrogen (secondary N) is 1. The molecule has 3 rings (SSSR count). The van der Waals surface area contributed by atoms with Crippen LogP contribution in [0.4, 0.5) is 0 Å². The second kappa shape index (κ2) is 7.76. The van der Waals surface area contributed by atoms with Gasteiger partial charge >= 0.3 is 0 Å². The molecular formula is C16H22Cl2N4O2. The summed E-state index contributed by atoms with van der Waals surface area (Å²) in [5.74, 6) is 0.103. The highest BCUT2D eigenvalue weighted by Crippen LogP contribution is 2.23. The van der Waals surface area contributed by atoms with Crippen LogP contribution in [0.25, 0.3) is 0 Å². The molecule has 24 heavy (non-hydrogen) atoms. The van der Waals surface area contributed by atoms with Crippen LogP contribution in [0.1, 0.15) is 29.8 Å². The zero-order valence-electron chi connectivity index (χ0n) is 13.6. The van der Waals surface area contributed by atoms with E-state index in [1.165, 1.54) is 0 Å². The number of nitrogens with zero attached hydrogens (tertiary/aromatic N) is 3. The number of aromatic amines is 1. The first-order valence-corrected chi connectivity index (χ1v) is 9.13. The summed E-state index contributed by atoms with van der Waals surface area (Å²) >= 11 is 11.8. The molecule has 1 N–H and O–H groups in total. The van der Waals surface area contributed by atoms with Crippen LogP contribution in [0.3, 0.4) is 0 Å². The number of hydrogen-bond acceptors (Lipinski definition) is 3. The maximum Gasteiger partial charge on any atom is 0.270 e. The van der Waals surface area contributed by atoms with Crippen LogP contribution in [0.2, 0.25) is 10.2 Å². The molecular weight excluding hydrogens is 351 g/mol. The first kappa shape index (κ1) is 17.6. The van der Waals surface area contributed by atoms with Crippen molar-refractivity contribution in [3.8, 4) is 0 Å². The van der Waals surface area contributed by atoms with Gasteiger partial charge in [0.25, 0.3) is 5.91 Å². The zero-order valence-corrected chi connectivity index (χ0v) is 15.1. The topological polar surface area (TPSA) is 59.7 Å². The second-order valence-electron chi connectivity index (χ2n) is 6.35. The fourth-order valence-electron chi connectivity index (χ4n) is 3.28. The van der Waals surface area contributed by atoms with Crippen LogP contribution in [0, 0.1) is 0 Å². The molecule has 0 aromatic carbocycles. The van der Waals surface area contributed by atoms with Crippen molar-refractivity contribution in [2.45, 2.75) is 19.3 Å². The summed E-state index contributed by atoms with van der Waals surface area (Å²) in [7, 11) is 0. The van der Waals surface area contributed by atoms with Crippen molar-refractivity contribution >= 4 is 35.0 Å². The SMILES string of the molecule is O=C(CN1CCCN(C(=O)c2cc(Cl)c(Cl)[nH]2)CC1)N1CCCC1. The highest BCUT2D eigenvalue weighted by atomic mass is 35.5. The summed E-state index contributed by atoms with van der Waals surface area (Å²) < 4.78 is 0. The smallest absolute Gasteiger partial charge is 0.270 e. The zero-order chi connectivity index (χ0) is 17.1. The van der Waals surface area contributed by atoms with Gasteiger partial charge in [0.1, 0.15) is 10.8 Å². The van der Waals surface area contributed by atoms with Crippen LogP contribution in [-0.2, 0) is 4.79 Å². The molecule has 0 unspecified atom stereocenters. The molecule has 3 heterocycles. The standard InChI is InChI=1S/C16H22Cl2N4O2/c17-12-10-13(19-15(12)18)16(24)22-7-3-4-20(8-9-22)11-14(23)21-5-1-2-6-21/h10,19H,1-9,11H2. The minimum Gasteiger partial charge on any atom is -0.342 e. The summed E-state index contributed by atoms with van der Waals surface area (Å²) in [6.07, 6.45) is 3.06. The molecule has 0 spiro atoms. The fourth-order valence-corrected chi connectivity index (χ4v) is 3.59. The summed E-state index contributed by atoms with van der Waals surface area (Å²) in [5.41, 5.74) is 0.409. The van der Waals surface area contributed by atoms with Gasteiger partial charge in [0.05, 0.1) is 11.6 Å². The third-order valence-corrected chi connectivity index (χ3v) is 5.34. The van der Waals surface area contributed by atoms with Crippen molar-refractivity contribution in [1.29, 1.82) is 0 Å². The van der Waals surface area contributed by atoms with E-state index < -0.39 is 0 Å². The summed E-state index contributed by atoms with van der Waals surface area (Å²) in [6, 6.07) is 1.56.